The molecule has 0 N–H and O–H groups in total. The summed E-state index contributed by atoms with van der Waals surface area (Å²) in [5.41, 5.74) is 4.02. The number of piperazine rings is 1. The number of anilines is 1. The zero-order chi connectivity index (χ0) is 23.7. The molecule has 0 saturated carbocycles. The van der Waals surface area contributed by atoms with Gasteiger partial charge in [0.05, 0.1) is 27.7 Å². The second kappa shape index (κ2) is 9.53. The number of aryl methyl sites for hydroxylation is 2. The van der Waals surface area contributed by atoms with Gasteiger partial charge < -0.3 is 14.5 Å². The molecule has 0 aliphatic carbocycles. The monoisotopic (exact) mass is 486 g/mol. The van der Waals surface area contributed by atoms with Crippen LogP contribution in [0, 0.1) is 13.8 Å². The molecule has 9 heteroatoms. The Morgan fingerprint density at radius 2 is 1.58 bits per heavy atom. The van der Waals surface area contributed by atoms with E-state index in [1.807, 2.05) is 41.8 Å². The fourth-order valence-electron chi connectivity index (χ4n) is 3.78. The highest BCUT2D eigenvalue weighted by Gasteiger charge is 2.28. The van der Waals surface area contributed by atoms with Crippen LogP contribution < -0.4 is 4.90 Å². The van der Waals surface area contributed by atoms with E-state index in [-0.39, 0.29) is 18.2 Å². The van der Waals surface area contributed by atoms with E-state index >= 15 is 0 Å². The average Bonchev–Trinajstić information content (AvgIpc) is 2.81. The first-order valence-electron chi connectivity index (χ1n) is 10.7. The van der Waals surface area contributed by atoms with Crippen LogP contribution in [0.1, 0.15) is 38.9 Å². The van der Waals surface area contributed by atoms with Gasteiger partial charge in [-0.05, 0) is 56.2 Å². The number of hydrogen-bond acceptors (Lipinski definition) is 6. The second-order valence-corrected chi connectivity index (χ2v) is 8.76. The van der Waals surface area contributed by atoms with Crippen molar-refractivity contribution in [1.82, 2.24) is 14.9 Å². The predicted octanol–water partition coefficient (Wildman–Crippen LogP) is 4.69. The molecule has 172 valence electrons. The summed E-state index contributed by atoms with van der Waals surface area (Å²) in [7, 11) is 0. The van der Waals surface area contributed by atoms with Crippen molar-refractivity contribution in [2.24, 2.45) is 0 Å². The maximum Gasteiger partial charge on any atom is 0.360 e. The zero-order valence-electron chi connectivity index (χ0n) is 18.7. The third-order valence-corrected chi connectivity index (χ3v) is 6.50. The van der Waals surface area contributed by atoms with Gasteiger partial charge in [0.1, 0.15) is 0 Å². The van der Waals surface area contributed by atoms with Crippen LogP contribution in [-0.2, 0) is 4.74 Å². The lowest BCUT2D eigenvalue weighted by atomic mass is 10.1. The molecule has 1 fully saturated rings. The van der Waals surface area contributed by atoms with Crippen LogP contribution in [0.2, 0.25) is 10.0 Å². The van der Waals surface area contributed by atoms with Gasteiger partial charge in [0, 0.05) is 31.7 Å². The molecule has 1 amide bonds. The smallest absolute Gasteiger partial charge is 0.360 e. The minimum atomic E-state index is -0.554. The number of ether oxygens (including phenoxy) is 1. The molecule has 1 saturated heterocycles. The predicted molar refractivity (Wildman–Crippen MR) is 130 cm³/mol. The molecule has 1 aliphatic rings. The van der Waals surface area contributed by atoms with Crippen LogP contribution in [0.3, 0.4) is 0 Å². The number of halogens is 2. The van der Waals surface area contributed by atoms with Crippen LogP contribution in [0.4, 0.5) is 5.82 Å². The summed E-state index contributed by atoms with van der Waals surface area (Å²) < 4.78 is 5.21. The van der Waals surface area contributed by atoms with E-state index in [1.54, 1.807) is 19.1 Å². The maximum atomic E-state index is 13.0. The first kappa shape index (κ1) is 23.3. The number of carbonyl (C=O) groups excluding carboxylic acids is 2. The molecular weight excluding hydrogens is 463 g/mol. The molecule has 2 heterocycles. The van der Waals surface area contributed by atoms with Crippen LogP contribution >= 0.6 is 23.2 Å². The van der Waals surface area contributed by atoms with E-state index in [0.29, 0.717) is 58.6 Å². The van der Waals surface area contributed by atoms with Gasteiger partial charge in [-0.1, -0.05) is 29.3 Å². The van der Waals surface area contributed by atoms with Crippen LogP contribution in [0.5, 0.6) is 0 Å². The Balaban J connectivity index is 1.60. The molecule has 0 spiro atoms. The highest BCUT2D eigenvalue weighted by molar-refractivity contribution is 6.42. The number of aromatic nitrogens is 2. The number of esters is 1. The zero-order valence-corrected chi connectivity index (χ0v) is 20.2. The van der Waals surface area contributed by atoms with Gasteiger partial charge in [0.2, 0.25) is 0 Å². The summed E-state index contributed by atoms with van der Waals surface area (Å²) in [6.07, 6.45) is 0. The highest BCUT2D eigenvalue weighted by Crippen LogP contribution is 2.29. The molecule has 0 radical (unpaired) electrons. The molecule has 2 aromatic carbocycles. The van der Waals surface area contributed by atoms with Gasteiger partial charge in [-0.25, -0.2) is 14.8 Å². The Bertz CT molecular complexity index is 1240. The second-order valence-electron chi connectivity index (χ2n) is 7.95. The quantitative estimate of drug-likeness (QED) is 0.497. The van der Waals surface area contributed by atoms with E-state index in [2.05, 4.69) is 9.97 Å². The topological polar surface area (TPSA) is 75.6 Å². The third kappa shape index (κ3) is 4.75. The molecule has 4 rings (SSSR count). The van der Waals surface area contributed by atoms with Crippen molar-refractivity contribution in [1.29, 1.82) is 0 Å². The number of amides is 1. The average molecular weight is 487 g/mol. The van der Waals surface area contributed by atoms with Gasteiger partial charge in [0.15, 0.2) is 11.5 Å². The summed E-state index contributed by atoms with van der Waals surface area (Å²) in [6, 6.07) is 8.96. The van der Waals surface area contributed by atoms with Crippen molar-refractivity contribution < 1.29 is 14.3 Å². The standard InChI is InChI=1S/C24H24Cl2N4O3/c1-4-33-24(32)21-22(28-20-13-18(26)17(25)12-19(20)27-21)29-7-9-30(10-8-29)23(31)16-6-5-14(2)15(3)11-16/h5-6,11-13H,4,7-10H2,1-3H3. The molecular formula is C24H24Cl2N4O3. The van der Waals surface area contributed by atoms with Crippen molar-refractivity contribution in [3.63, 3.8) is 0 Å². The SMILES string of the molecule is CCOC(=O)c1nc2cc(Cl)c(Cl)cc2nc1N1CCN(C(=O)c2ccc(C)c(C)c2)CC1. The summed E-state index contributed by atoms with van der Waals surface area (Å²) in [6.45, 7) is 7.98. The van der Waals surface area contributed by atoms with Crippen LogP contribution in [0.25, 0.3) is 11.0 Å². The molecule has 1 aliphatic heterocycles. The summed E-state index contributed by atoms with van der Waals surface area (Å²) in [4.78, 5) is 38.6. The fourth-order valence-corrected chi connectivity index (χ4v) is 4.09. The van der Waals surface area contributed by atoms with Crippen molar-refractivity contribution in [2.75, 3.05) is 37.7 Å². The Morgan fingerprint density at radius 3 is 2.18 bits per heavy atom. The molecule has 1 aromatic heterocycles. The Kier molecular flexibility index (Phi) is 6.72. The number of benzene rings is 2. The van der Waals surface area contributed by atoms with E-state index in [9.17, 15) is 9.59 Å². The van der Waals surface area contributed by atoms with Crippen molar-refractivity contribution in [3.05, 3.63) is 62.8 Å². The first-order valence-corrected chi connectivity index (χ1v) is 11.5. The van der Waals surface area contributed by atoms with Crippen LogP contribution in [-0.4, -0.2) is 59.5 Å². The lowest BCUT2D eigenvalue weighted by Crippen LogP contribution is -2.49. The normalized spacial score (nSPS) is 14.0. The number of fused-ring (bicyclic) bond motifs is 1. The summed E-state index contributed by atoms with van der Waals surface area (Å²) in [5.74, 6) is -0.145. The van der Waals surface area contributed by atoms with E-state index in [1.165, 1.54) is 0 Å². The lowest BCUT2D eigenvalue weighted by Gasteiger charge is -2.36. The highest BCUT2D eigenvalue weighted by atomic mass is 35.5. The molecule has 0 bridgehead atoms. The van der Waals surface area contributed by atoms with Gasteiger partial charge in [-0.2, -0.15) is 0 Å². The summed E-state index contributed by atoms with van der Waals surface area (Å²) in [5, 5.41) is 0.691. The van der Waals surface area contributed by atoms with Gasteiger partial charge in [-0.3, -0.25) is 4.79 Å². The molecule has 7 nitrogen and oxygen atoms in total. The van der Waals surface area contributed by atoms with Gasteiger partial charge >= 0.3 is 5.97 Å². The fraction of sp³-hybridized carbons (Fsp3) is 0.333. The number of nitrogens with zero attached hydrogens (tertiary/aromatic N) is 4. The third-order valence-electron chi connectivity index (χ3n) is 5.78. The number of hydrogen-bond donors (Lipinski definition) is 0. The van der Waals surface area contributed by atoms with E-state index in [0.717, 1.165) is 11.1 Å². The van der Waals surface area contributed by atoms with Gasteiger partial charge in [-0.15, -0.1) is 0 Å². The Morgan fingerprint density at radius 1 is 0.939 bits per heavy atom. The minimum absolute atomic E-state index is 0.00520. The first-order chi connectivity index (χ1) is 15.8. The molecule has 3 aromatic rings. The molecule has 0 atom stereocenters. The van der Waals surface area contributed by atoms with Crippen LogP contribution in [0.15, 0.2) is 30.3 Å². The lowest BCUT2D eigenvalue weighted by molar-refractivity contribution is 0.0519. The Labute approximate surface area is 202 Å². The van der Waals surface area contributed by atoms with E-state index in [4.69, 9.17) is 27.9 Å². The minimum Gasteiger partial charge on any atom is -0.461 e. The van der Waals surface area contributed by atoms with Gasteiger partial charge in [0.25, 0.3) is 5.91 Å². The molecule has 33 heavy (non-hydrogen) atoms. The van der Waals surface area contributed by atoms with Crippen molar-refractivity contribution >= 4 is 51.9 Å². The summed E-state index contributed by atoms with van der Waals surface area (Å²) >= 11 is 12.3. The largest absolute Gasteiger partial charge is 0.461 e. The number of rotatable bonds is 4. The van der Waals surface area contributed by atoms with Crippen molar-refractivity contribution in [2.45, 2.75) is 20.8 Å². The maximum absolute atomic E-state index is 13.0. The molecule has 0 unspecified atom stereocenters. The van der Waals surface area contributed by atoms with E-state index < -0.39 is 5.97 Å². The number of carbonyl (C=O) groups is 2. The van der Waals surface area contributed by atoms with Crippen molar-refractivity contribution in [3.8, 4) is 0 Å². The Hall–Kier alpha value is -2.90.